The van der Waals surface area contributed by atoms with Gasteiger partial charge in [0.15, 0.2) is 0 Å². The minimum absolute atomic E-state index is 0.0280. The zero-order chi connectivity index (χ0) is 25.6. The highest BCUT2D eigenvalue weighted by molar-refractivity contribution is 5.94. The van der Waals surface area contributed by atoms with Crippen molar-refractivity contribution in [2.24, 2.45) is 5.41 Å². The number of nitrogens with zero attached hydrogens (tertiary/aromatic N) is 2. The van der Waals surface area contributed by atoms with Crippen LogP contribution in [0.1, 0.15) is 38.3 Å². The molecule has 0 aliphatic rings. The highest BCUT2D eigenvalue weighted by atomic mass is 16.4. The average Bonchev–Trinajstić information content (AvgIpc) is 2.80. The van der Waals surface area contributed by atoms with Crippen LogP contribution in [0, 0.1) is 5.41 Å². The Balaban J connectivity index is 1.87. The van der Waals surface area contributed by atoms with Crippen molar-refractivity contribution in [3.8, 4) is 11.1 Å². The number of carboxylic acids is 1. The van der Waals surface area contributed by atoms with E-state index in [1.54, 1.807) is 4.90 Å². The lowest BCUT2D eigenvalue weighted by molar-refractivity contribution is -0.131. The molecular formula is C30H34N2O3. The molecule has 0 aromatic heterocycles. The lowest BCUT2D eigenvalue weighted by Gasteiger charge is -2.27. The topological polar surface area (TPSA) is 60.9 Å². The summed E-state index contributed by atoms with van der Waals surface area (Å²) in [6.07, 6.45) is 3.04. The van der Waals surface area contributed by atoms with Gasteiger partial charge in [-0.1, -0.05) is 69.3 Å². The van der Waals surface area contributed by atoms with E-state index >= 15 is 0 Å². The van der Waals surface area contributed by atoms with Crippen LogP contribution in [-0.4, -0.2) is 31.1 Å². The zero-order valence-electron chi connectivity index (χ0n) is 21.2. The van der Waals surface area contributed by atoms with Gasteiger partial charge in [-0.05, 0) is 58.0 Å². The lowest BCUT2D eigenvalue weighted by atomic mass is 9.91. The Bertz CT molecular complexity index is 1190. The summed E-state index contributed by atoms with van der Waals surface area (Å²) in [5.74, 6) is -0.979. The third-order valence-corrected chi connectivity index (χ3v) is 5.59. The Kier molecular flexibility index (Phi) is 8.13. The van der Waals surface area contributed by atoms with Crippen LogP contribution in [0.25, 0.3) is 17.2 Å². The van der Waals surface area contributed by atoms with E-state index in [1.165, 1.54) is 6.08 Å². The number of amides is 1. The van der Waals surface area contributed by atoms with Crippen LogP contribution < -0.4 is 9.80 Å². The Morgan fingerprint density at radius 2 is 1.46 bits per heavy atom. The van der Waals surface area contributed by atoms with Gasteiger partial charge in [0.05, 0.1) is 6.54 Å². The second-order valence-electron chi connectivity index (χ2n) is 10.1. The number of anilines is 2. The van der Waals surface area contributed by atoms with Crippen molar-refractivity contribution in [1.29, 1.82) is 0 Å². The van der Waals surface area contributed by atoms with Crippen LogP contribution >= 0.6 is 0 Å². The first-order valence-electron chi connectivity index (χ1n) is 11.7. The first kappa shape index (κ1) is 25.8. The molecule has 0 radical (unpaired) electrons. The maximum atomic E-state index is 13.3. The molecule has 0 fully saturated rings. The third-order valence-electron chi connectivity index (χ3n) is 5.59. The van der Waals surface area contributed by atoms with Gasteiger partial charge >= 0.3 is 5.97 Å². The van der Waals surface area contributed by atoms with Crippen molar-refractivity contribution in [2.45, 2.75) is 33.7 Å². The van der Waals surface area contributed by atoms with Gasteiger partial charge in [0.25, 0.3) is 0 Å². The summed E-state index contributed by atoms with van der Waals surface area (Å²) < 4.78 is 0. The highest BCUT2D eigenvalue weighted by Crippen LogP contribution is 2.27. The first-order chi connectivity index (χ1) is 16.5. The van der Waals surface area contributed by atoms with Crippen molar-refractivity contribution in [3.63, 3.8) is 0 Å². The molecule has 0 bridgehead atoms. The fourth-order valence-electron chi connectivity index (χ4n) is 3.77. The Morgan fingerprint density at radius 1 is 0.857 bits per heavy atom. The van der Waals surface area contributed by atoms with E-state index in [9.17, 15) is 9.59 Å². The Labute approximate surface area is 208 Å². The summed E-state index contributed by atoms with van der Waals surface area (Å²) in [6, 6.07) is 24.1. The molecule has 3 rings (SSSR count). The van der Waals surface area contributed by atoms with Gasteiger partial charge in [-0.25, -0.2) is 4.79 Å². The molecule has 0 saturated heterocycles. The van der Waals surface area contributed by atoms with Gasteiger partial charge in [0.2, 0.25) is 5.91 Å². The van der Waals surface area contributed by atoms with Crippen LogP contribution in [0.5, 0.6) is 0 Å². The fourth-order valence-corrected chi connectivity index (χ4v) is 3.77. The molecule has 35 heavy (non-hydrogen) atoms. The minimum Gasteiger partial charge on any atom is -0.478 e. The largest absolute Gasteiger partial charge is 0.478 e. The van der Waals surface area contributed by atoms with Crippen molar-refractivity contribution >= 4 is 29.3 Å². The molecule has 5 nitrogen and oxygen atoms in total. The molecule has 5 heteroatoms. The molecule has 1 amide bonds. The highest BCUT2D eigenvalue weighted by Gasteiger charge is 2.23. The molecule has 3 aromatic carbocycles. The standard InChI is InChI=1S/C30H34N2O3/c1-30(2,3)20-28(33)32(27-8-6-7-22(19-27)11-18-29(34)35)21-23-9-12-24(13-10-23)25-14-16-26(17-15-25)31(4)5/h6-19H,20-21H2,1-5H3,(H,34,35). The van der Waals surface area contributed by atoms with Crippen LogP contribution in [0.4, 0.5) is 11.4 Å². The van der Waals surface area contributed by atoms with Crippen molar-refractivity contribution in [1.82, 2.24) is 0 Å². The van der Waals surface area contributed by atoms with E-state index in [2.05, 4.69) is 53.4 Å². The zero-order valence-corrected chi connectivity index (χ0v) is 21.2. The molecule has 0 unspecified atom stereocenters. The van der Waals surface area contributed by atoms with Gasteiger partial charge in [-0.15, -0.1) is 0 Å². The normalized spacial score (nSPS) is 11.5. The summed E-state index contributed by atoms with van der Waals surface area (Å²) in [5, 5.41) is 8.95. The number of benzene rings is 3. The molecule has 1 N–H and O–H groups in total. The van der Waals surface area contributed by atoms with Crippen molar-refractivity contribution in [2.75, 3.05) is 23.9 Å². The molecule has 0 saturated carbocycles. The maximum Gasteiger partial charge on any atom is 0.328 e. The number of rotatable bonds is 8. The number of carbonyl (C=O) groups is 2. The molecular weight excluding hydrogens is 436 g/mol. The van der Waals surface area contributed by atoms with E-state index < -0.39 is 5.97 Å². The Morgan fingerprint density at radius 3 is 2.00 bits per heavy atom. The van der Waals surface area contributed by atoms with Crippen LogP contribution in [-0.2, 0) is 16.1 Å². The second kappa shape index (κ2) is 11.0. The van der Waals surface area contributed by atoms with Crippen molar-refractivity contribution in [3.05, 3.63) is 90.0 Å². The number of hydrogen-bond donors (Lipinski definition) is 1. The van der Waals surface area contributed by atoms with E-state index in [-0.39, 0.29) is 11.3 Å². The van der Waals surface area contributed by atoms with Gasteiger partial charge in [-0.2, -0.15) is 0 Å². The summed E-state index contributed by atoms with van der Waals surface area (Å²) in [6.45, 7) is 6.57. The number of aliphatic carboxylic acids is 1. The molecule has 3 aromatic rings. The SMILES string of the molecule is CN(C)c1ccc(-c2ccc(CN(C(=O)CC(C)(C)C)c3cccc(C=CC(=O)O)c3)cc2)cc1. The predicted octanol–water partition coefficient (Wildman–Crippen LogP) is 6.49. The van der Waals surface area contributed by atoms with Gasteiger partial charge in [0, 0.05) is 38.0 Å². The molecule has 182 valence electrons. The van der Waals surface area contributed by atoms with E-state index in [0.717, 1.165) is 39.7 Å². The fraction of sp³-hybridized carbons (Fsp3) is 0.267. The molecule has 0 heterocycles. The third kappa shape index (κ3) is 7.57. The molecule has 0 atom stereocenters. The monoisotopic (exact) mass is 470 g/mol. The van der Waals surface area contributed by atoms with E-state index in [4.69, 9.17) is 5.11 Å². The Hall–Kier alpha value is -3.86. The first-order valence-corrected chi connectivity index (χ1v) is 11.7. The van der Waals surface area contributed by atoms with E-state index in [0.29, 0.717) is 13.0 Å². The second-order valence-corrected chi connectivity index (χ2v) is 10.1. The summed E-state index contributed by atoms with van der Waals surface area (Å²) in [4.78, 5) is 28.1. The molecule has 0 aliphatic heterocycles. The molecule has 0 spiro atoms. The lowest BCUT2D eigenvalue weighted by Crippen LogP contribution is -2.33. The van der Waals surface area contributed by atoms with Gasteiger partial charge in [0.1, 0.15) is 0 Å². The maximum absolute atomic E-state index is 13.3. The number of carbonyl (C=O) groups excluding carboxylic acids is 1. The van der Waals surface area contributed by atoms with Crippen LogP contribution in [0.3, 0.4) is 0 Å². The summed E-state index contributed by atoms with van der Waals surface area (Å²) in [7, 11) is 4.04. The number of carboxylic acid groups (broad SMARTS) is 1. The quantitative estimate of drug-likeness (QED) is 0.383. The summed E-state index contributed by atoms with van der Waals surface area (Å²) >= 11 is 0. The summed E-state index contributed by atoms with van der Waals surface area (Å²) in [5.41, 5.74) is 5.75. The molecule has 0 aliphatic carbocycles. The van der Waals surface area contributed by atoms with E-state index in [1.807, 2.05) is 59.1 Å². The smallest absolute Gasteiger partial charge is 0.328 e. The van der Waals surface area contributed by atoms with Crippen LogP contribution in [0.15, 0.2) is 78.9 Å². The van der Waals surface area contributed by atoms with Crippen LogP contribution in [0.2, 0.25) is 0 Å². The number of hydrogen-bond acceptors (Lipinski definition) is 3. The van der Waals surface area contributed by atoms with Crippen molar-refractivity contribution < 1.29 is 14.7 Å². The average molecular weight is 471 g/mol. The predicted molar refractivity (Wildman–Crippen MR) is 145 cm³/mol. The minimum atomic E-state index is -1.01. The van der Waals surface area contributed by atoms with Gasteiger partial charge < -0.3 is 14.9 Å². The van der Waals surface area contributed by atoms with Gasteiger partial charge in [-0.3, -0.25) is 4.79 Å².